The van der Waals surface area contributed by atoms with E-state index in [1.54, 1.807) is 7.11 Å². The Balaban J connectivity index is 2.05. The fourth-order valence-corrected chi connectivity index (χ4v) is 2.61. The minimum atomic E-state index is -0.347. The topological polar surface area (TPSA) is 51.3 Å². The smallest absolute Gasteiger partial charge is 0.354 e. The predicted octanol–water partition coefficient (Wildman–Crippen LogP) is 3.55. The molecule has 0 radical (unpaired) electrons. The molecule has 4 nitrogen and oxygen atoms in total. The number of hydrogen-bond donors (Lipinski definition) is 1. The molecule has 0 aliphatic carbocycles. The summed E-state index contributed by atoms with van der Waals surface area (Å²) in [5.74, 6) is 0.468. The Kier molecular flexibility index (Phi) is 3.83. The number of carbonyl (C=O) groups is 1. The van der Waals surface area contributed by atoms with Gasteiger partial charge in [-0.25, -0.2) is 4.79 Å². The number of aromatic nitrogens is 1. The lowest BCUT2D eigenvalue weighted by molar-refractivity contribution is 0.0594. The van der Waals surface area contributed by atoms with Crippen molar-refractivity contribution in [3.8, 4) is 5.75 Å². The number of benzene rings is 2. The number of hydrogen-bond acceptors (Lipinski definition) is 3. The van der Waals surface area contributed by atoms with E-state index in [1.807, 2.05) is 48.5 Å². The van der Waals surface area contributed by atoms with Crippen LogP contribution < -0.4 is 4.74 Å². The number of esters is 1. The number of para-hydroxylation sites is 1. The molecule has 0 amide bonds. The first-order valence-corrected chi connectivity index (χ1v) is 7.03. The van der Waals surface area contributed by atoms with Gasteiger partial charge in [0.1, 0.15) is 11.4 Å². The van der Waals surface area contributed by atoms with Gasteiger partial charge in [-0.15, -0.1) is 0 Å². The summed E-state index contributed by atoms with van der Waals surface area (Å²) in [6.45, 7) is 0. The summed E-state index contributed by atoms with van der Waals surface area (Å²) in [5.41, 5.74) is 3.51. The monoisotopic (exact) mass is 295 g/mol. The lowest BCUT2D eigenvalue weighted by atomic mass is 10.0. The van der Waals surface area contributed by atoms with Gasteiger partial charge in [0.15, 0.2) is 0 Å². The molecule has 2 aromatic carbocycles. The number of fused-ring (bicyclic) bond motifs is 1. The Hall–Kier alpha value is -2.75. The van der Waals surface area contributed by atoms with Crippen LogP contribution >= 0.6 is 0 Å². The van der Waals surface area contributed by atoms with Gasteiger partial charge < -0.3 is 14.5 Å². The highest BCUT2D eigenvalue weighted by molar-refractivity contribution is 5.98. The third-order valence-electron chi connectivity index (χ3n) is 3.74. The highest BCUT2D eigenvalue weighted by atomic mass is 16.5. The Morgan fingerprint density at radius 2 is 1.77 bits per heavy atom. The average Bonchev–Trinajstić information content (AvgIpc) is 2.93. The highest BCUT2D eigenvalue weighted by Crippen LogP contribution is 2.26. The van der Waals surface area contributed by atoms with Crippen LogP contribution in [0.3, 0.4) is 0 Å². The Morgan fingerprint density at radius 1 is 1.05 bits per heavy atom. The van der Waals surface area contributed by atoms with Crippen molar-refractivity contribution in [2.24, 2.45) is 0 Å². The van der Waals surface area contributed by atoms with Crippen molar-refractivity contribution in [3.05, 3.63) is 65.4 Å². The van der Waals surface area contributed by atoms with Crippen LogP contribution in [0, 0.1) is 0 Å². The summed E-state index contributed by atoms with van der Waals surface area (Å²) in [6.07, 6.45) is 0.651. The number of aromatic amines is 1. The Bertz CT molecular complexity index is 803. The number of nitrogens with one attached hydrogen (secondary N) is 1. The second-order valence-electron chi connectivity index (χ2n) is 5.04. The quantitative estimate of drug-likeness (QED) is 0.749. The molecule has 0 spiro atoms. The van der Waals surface area contributed by atoms with Crippen LogP contribution in [0.5, 0.6) is 5.75 Å². The van der Waals surface area contributed by atoms with E-state index in [0.29, 0.717) is 12.1 Å². The van der Waals surface area contributed by atoms with Gasteiger partial charge in [-0.1, -0.05) is 30.3 Å². The lowest BCUT2D eigenvalue weighted by Gasteiger charge is -2.05. The summed E-state index contributed by atoms with van der Waals surface area (Å²) in [5, 5.41) is 1.04. The minimum Gasteiger partial charge on any atom is -0.497 e. The van der Waals surface area contributed by atoms with Gasteiger partial charge in [-0.05, 0) is 29.3 Å². The zero-order valence-electron chi connectivity index (χ0n) is 12.6. The van der Waals surface area contributed by atoms with E-state index in [4.69, 9.17) is 9.47 Å². The fraction of sp³-hybridized carbons (Fsp3) is 0.167. The molecule has 0 aliphatic heterocycles. The first-order chi connectivity index (χ1) is 10.7. The van der Waals surface area contributed by atoms with Crippen LogP contribution in [0.4, 0.5) is 0 Å². The molecule has 4 heteroatoms. The van der Waals surface area contributed by atoms with Crippen molar-refractivity contribution in [2.45, 2.75) is 6.42 Å². The van der Waals surface area contributed by atoms with Crippen LogP contribution in [-0.2, 0) is 11.2 Å². The van der Waals surface area contributed by atoms with E-state index in [0.717, 1.165) is 27.8 Å². The van der Waals surface area contributed by atoms with Gasteiger partial charge in [0, 0.05) is 17.3 Å². The molecule has 0 unspecified atom stereocenters. The summed E-state index contributed by atoms with van der Waals surface area (Å²) in [7, 11) is 3.04. The fourth-order valence-electron chi connectivity index (χ4n) is 2.61. The molecule has 0 atom stereocenters. The van der Waals surface area contributed by atoms with Crippen molar-refractivity contribution in [1.29, 1.82) is 0 Å². The van der Waals surface area contributed by atoms with Gasteiger partial charge in [-0.3, -0.25) is 0 Å². The van der Waals surface area contributed by atoms with Gasteiger partial charge in [0.05, 0.1) is 14.2 Å². The molecule has 0 saturated carbocycles. The first kappa shape index (κ1) is 14.2. The Morgan fingerprint density at radius 3 is 2.45 bits per heavy atom. The molecule has 112 valence electrons. The van der Waals surface area contributed by atoms with Crippen LogP contribution in [-0.4, -0.2) is 25.2 Å². The van der Waals surface area contributed by atoms with Crippen molar-refractivity contribution >= 4 is 16.9 Å². The number of carbonyl (C=O) groups excluding carboxylic acids is 1. The van der Waals surface area contributed by atoms with Crippen LogP contribution in [0.15, 0.2) is 48.5 Å². The number of ether oxygens (including phenoxy) is 2. The molecule has 3 aromatic rings. The molecule has 0 fully saturated rings. The Labute approximate surface area is 128 Å². The summed E-state index contributed by atoms with van der Waals surface area (Å²) in [4.78, 5) is 15.2. The van der Waals surface area contributed by atoms with E-state index < -0.39 is 0 Å². The molecule has 1 aromatic heterocycles. The van der Waals surface area contributed by atoms with Crippen molar-refractivity contribution in [3.63, 3.8) is 0 Å². The van der Waals surface area contributed by atoms with Crippen molar-refractivity contribution < 1.29 is 14.3 Å². The maximum absolute atomic E-state index is 12.0. The van der Waals surface area contributed by atoms with Gasteiger partial charge in [0.2, 0.25) is 0 Å². The van der Waals surface area contributed by atoms with Crippen LogP contribution in [0.2, 0.25) is 0 Å². The predicted molar refractivity (Wildman–Crippen MR) is 85.4 cm³/mol. The lowest BCUT2D eigenvalue weighted by Crippen LogP contribution is -2.05. The van der Waals surface area contributed by atoms with E-state index >= 15 is 0 Å². The second kappa shape index (κ2) is 5.93. The minimum absolute atomic E-state index is 0.347. The standard InChI is InChI=1S/C18H17NO3/c1-21-13-9-7-12(8-10-13)11-15-14-5-3-4-6-16(14)19-17(15)18(20)22-2/h3-10,19H,11H2,1-2H3. The third-order valence-corrected chi connectivity index (χ3v) is 3.74. The first-order valence-electron chi connectivity index (χ1n) is 7.03. The van der Waals surface area contributed by atoms with Crippen molar-refractivity contribution in [1.82, 2.24) is 4.98 Å². The molecule has 1 heterocycles. The van der Waals surface area contributed by atoms with E-state index in [-0.39, 0.29) is 5.97 Å². The maximum atomic E-state index is 12.0. The van der Waals surface area contributed by atoms with Gasteiger partial charge >= 0.3 is 5.97 Å². The molecule has 0 aliphatic rings. The molecule has 0 bridgehead atoms. The maximum Gasteiger partial charge on any atom is 0.354 e. The highest BCUT2D eigenvalue weighted by Gasteiger charge is 2.18. The SMILES string of the molecule is COC(=O)c1[nH]c2ccccc2c1Cc1ccc(OC)cc1. The number of H-pyrrole nitrogens is 1. The van der Waals surface area contributed by atoms with Crippen LogP contribution in [0.1, 0.15) is 21.6 Å². The third kappa shape index (κ3) is 2.55. The van der Waals surface area contributed by atoms with E-state index in [1.165, 1.54) is 7.11 Å². The van der Waals surface area contributed by atoms with E-state index in [9.17, 15) is 4.79 Å². The van der Waals surface area contributed by atoms with Crippen molar-refractivity contribution in [2.75, 3.05) is 14.2 Å². The molecule has 3 rings (SSSR count). The molecular formula is C18H17NO3. The van der Waals surface area contributed by atoms with E-state index in [2.05, 4.69) is 4.98 Å². The second-order valence-corrected chi connectivity index (χ2v) is 5.04. The molecular weight excluding hydrogens is 278 g/mol. The summed E-state index contributed by atoms with van der Waals surface area (Å²) >= 11 is 0. The number of methoxy groups -OCH3 is 2. The number of rotatable bonds is 4. The van der Waals surface area contributed by atoms with Gasteiger partial charge in [-0.2, -0.15) is 0 Å². The molecule has 1 N–H and O–H groups in total. The largest absolute Gasteiger partial charge is 0.497 e. The normalized spacial score (nSPS) is 10.6. The average molecular weight is 295 g/mol. The summed E-state index contributed by atoms with van der Waals surface area (Å²) < 4.78 is 10.1. The molecule has 0 saturated heterocycles. The summed E-state index contributed by atoms with van der Waals surface area (Å²) in [6, 6.07) is 15.7. The van der Waals surface area contributed by atoms with Gasteiger partial charge in [0.25, 0.3) is 0 Å². The zero-order valence-corrected chi connectivity index (χ0v) is 12.6. The zero-order chi connectivity index (χ0) is 15.5. The molecule has 22 heavy (non-hydrogen) atoms. The van der Waals surface area contributed by atoms with Crippen LogP contribution in [0.25, 0.3) is 10.9 Å².